The molecule has 2 atom stereocenters. The van der Waals surface area contributed by atoms with Gasteiger partial charge in [-0.25, -0.2) is 4.98 Å². The highest BCUT2D eigenvalue weighted by molar-refractivity contribution is 7.99. The average molecular weight is 251 g/mol. The van der Waals surface area contributed by atoms with Crippen molar-refractivity contribution in [3.05, 3.63) is 23.9 Å². The lowest BCUT2D eigenvalue weighted by atomic mass is 10.2. The highest BCUT2D eigenvalue weighted by Gasteiger charge is 2.27. The standard InChI is InChI=1S/C12H17N3OS/c1-17-10-6-2-5-9(10)15-12-8(11(13)16)4-3-7-14-12/h3-4,7,9-10H,2,5-6H2,1H3,(H2,13,16)(H,14,15). The Morgan fingerprint density at radius 2 is 2.41 bits per heavy atom. The molecule has 5 heteroatoms. The molecule has 4 nitrogen and oxygen atoms in total. The van der Waals surface area contributed by atoms with Gasteiger partial charge >= 0.3 is 0 Å². The third-order valence-corrected chi connectivity index (χ3v) is 4.32. The SMILES string of the molecule is CSC1CCCC1Nc1ncccc1C(N)=O. The van der Waals surface area contributed by atoms with E-state index in [2.05, 4.69) is 16.6 Å². The number of aromatic nitrogens is 1. The summed E-state index contributed by atoms with van der Waals surface area (Å²) in [6, 6.07) is 3.82. The van der Waals surface area contributed by atoms with E-state index in [-0.39, 0.29) is 0 Å². The lowest BCUT2D eigenvalue weighted by molar-refractivity contribution is 0.100. The minimum Gasteiger partial charge on any atom is -0.366 e. The second-order valence-electron chi connectivity index (χ2n) is 4.22. The van der Waals surface area contributed by atoms with Crippen LogP contribution in [0.5, 0.6) is 0 Å². The zero-order valence-electron chi connectivity index (χ0n) is 9.85. The van der Waals surface area contributed by atoms with E-state index in [9.17, 15) is 4.79 Å². The zero-order valence-corrected chi connectivity index (χ0v) is 10.7. The third-order valence-electron chi connectivity index (χ3n) is 3.15. The van der Waals surface area contributed by atoms with Crippen LogP contribution >= 0.6 is 11.8 Å². The zero-order chi connectivity index (χ0) is 12.3. The highest BCUT2D eigenvalue weighted by atomic mass is 32.2. The van der Waals surface area contributed by atoms with Crippen molar-refractivity contribution in [2.24, 2.45) is 5.73 Å². The van der Waals surface area contributed by atoms with Crippen LogP contribution in [0.3, 0.4) is 0 Å². The Morgan fingerprint density at radius 1 is 1.59 bits per heavy atom. The molecule has 0 saturated heterocycles. The fraction of sp³-hybridized carbons (Fsp3) is 0.500. The van der Waals surface area contributed by atoms with Crippen molar-refractivity contribution < 1.29 is 4.79 Å². The summed E-state index contributed by atoms with van der Waals surface area (Å²) >= 11 is 1.87. The molecule has 3 N–H and O–H groups in total. The predicted octanol–water partition coefficient (Wildman–Crippen LogP) is 1.88. The van der Waals surface area contributed by atoms with Gasteiger partial charge < -0.3 is 11.1 Å². The minimum absolute atomic E-state index is 0.387. The van der Waals surface area contributed by atoms with Gasteiger partial charge in [0.05, 0.1) is 5.56 Å². The topological polar surface area (TPSA) is 68.0 Å². The molecule has 1 aromatic rings. The smallest absolute Gasteiger partial charge is 0.252 e. The summed E-state index contributed by atoms with van der Waals surface area (Å²) in [5.41, 5.74) is 5.80. The molecular formula is C12H17N3OS. The number of amides is 1. The van der Waals surface area contributed by atoms with Gasteiger partial charge in [0.15, 0.2) is 0 Å². The second-order valence-corrected chi connectivity index (χ2v) is 5.30. The van der Waals surface area contributed by atoms with Crippen molar-refractivity contribution in [3.63, 3.8) is 0 Å². The Labute approximate surface area is 105 Å². The molecule has 2 unspecified atom stereocenters. The maximum absolute atomic E-state index is 11.3. The van der Waals surface area contributed by atoms with Gasteiger partial charge in [-0.2, -0.15) is 11.8 Å². The van der Waals surface area contributed by atoms with Crippen LogP contribution in [0.1, 0.15) is 29.6 Å². The minimum atomic E-state index is -0.431. The fourth-order valence-corrected chi connectivity index (χ4v) is 3.20. The maximum atomic E-state index is 11.3. The normalized spacial score (nSPS) is 23.6. The summed E-state index contributed by atoms with van der Waals surface area (Å²) in [6.45, 7) is 0. The van der Waals surface area contributed by atoms with E-state index in [1.54, 1.807) is 18.3 Å². The van der Waals surface area contributed by atoms with Gasteiger partial charge in [-0.1, -0.05) is 6.42 Å². The van der Waals surface area contributed by atoms with E-state index >= 15 is 0 Å². The van der Waals surface area contributed by atoms with Gasteiger partial charge in [0, 0.05) is 17.5 Å². The molecule has 17 heavy (non-hydrogen) atoms. The predicted molar refractivity (Wildman–Crippen MR) is 71.3 cm³/mol. The van der Waals surface area contributed by atoms with Crippen LogP contribution in [0, 0.1) is 0 Å². The van der Waals surface area contributed by atoms with E-state index in [1.807, 2.05) is 11.8 Å². The van der Waals surface area contributed by atoms with Gasteiger partial charge in [-0.3, -0.25) is 4.79 Å². The van der Waals surface area contributed by atoms with E-state index in [1.165, 1.54) is 12.8 Å². The summed E-state index contributed by atoms with van der Waals surface area (Å²) in [4.78, 5) is 15.5. The Bertz CT molecular complexity index is 410. The lowest BCUT2D eigenvalue weighted by Crippen LogP contribution is -2.28. The first-order valence-corrected chi connectivity index (χ1v) is 7.05. The largest absolute Gasteiger partial charge is 0.366 e. The van der Waals surface area contributed by atoms with Crippen LogP contribution < -0.4 is 11.1 Å². The summed E-state index contributed by atoms with van der Waals surface area (Å²) in [5.74, 6) is 0.185. The van der Waals surface area contributed by atoms with Crippen LogP contribution in [0.4, 0.5) is 5.82 Å². The van der Waals surface area contributed by atoms with E-state index in [4.69, 9.17) is 5.73 Å². The van der Waals surface area contributed by atoms with Crippen molar-refractivity contribution in [2.75, 3.05) is 11.6 Å². The number of rotatable bonds is 4. The first-order valence-electron chi connectivity index (χ1n) is 5.76. The van der Waals surface area contributed by atoms with Crippen LogP contribution in [-0.2, 0) is 0 Å². The number of carbonyl (C=O) groups excluding carboxylic acids is 1. The van der Waals surface area contributed by atoms with Crippen molar-refractivity contribution in [2.45, 2.75) is 30.6 Å². The molecule has 1 fully saturated rings. The number of anilines is 1. The van der Waals surface area contributed by atoms with E-state index in [0.29, 0.717) is 22.7 Å². The van der Waals surface area contributed by atoms with Crippen LogP contribution in [0.15, 0.2) is 18.3 Å². The van der Waals surface area contributed by atoms with Crippen LogP contribution in [0.25, 0.3) is 0 Å². The van der Waals surface area contributed by atoms with Gasteiger partial charge in [0.25, 0.3) is 5.91 Å². The summed E-state index contributed by atoms with van der Waals surface area (Å²) in [5, 5.41) is 3.95. The average Bonchev–Trinajstić information content (AvgIpc) is 2.77. The van der Waals surface area contributed by atoms with Crippen molar-refractivity contribution >= 4 is 23.5 Å². The Kier molecular flexibility index (Phi) is 3.89. The Hall–Kier alpha value is -1.23. The van der Waals surface area contributed by atoms with Crippen molar-refractivity contribution in [1.29, 1.82) is 0 Å². The van der Waals surface area contributed by atoms with Crippen molar-refractivity contribution in [1.82, 2.24) is 4.98 Å². The van der Waals surface area contributed by atoms with Crippen LogP contribution in [0.2, 0.25) is 0 Å². The monoisotopic (exact) mass is 251 g/mol. The Balaban J connectivity index is 2.15. The molecule has 0 radical (unpaired) electrons. The number of thioether (sulfide) groups is 1. The van der Waals surface area contributed by atoms with Crippen LogP contribution in [-0.4, -0.2) is 28.4 Å². The number of nitrogens with zero attached hydrogens (tertiary/aromatic N) is 1. The van der Waals surface area contributed by atoms with Gasteiger partial charge in [0.1, 0.15) is 5.82 Å². The van der Waals surface area contributed by atoms with Crippen molar-refractivity contribution in [3.8, 4) is 0 Å². The quantitative estimate of drug-likeness (QED) is 0.857. The number of carbonyl (C=O) groups is 1. The molecule has 1 aliphatic carbocycles. The molecular weight excluding hydrogens is 234 g/mol. The molecule has 0 spiro atoms. The highest BCUT2D eigenvalue weighted by Crippen LogP contribution is 2.30. The molecule has 92 valence electrons. The molecule has 0 aromatic carbocycles. The van der Waals surface area contributed by atoms with Gasteiger partial charge in [0.2, 0.25) is 0 Å². The lowest BCUT2D eigenvalue weighted by Gasteiger charge is -2.20. The van der Waals surface area contributed by atoms with E-state index < -0.39 is 5.91 Å². The summed E-state index contributed by atoms with van der Waals surface area (Å²) < 4.78 is 0. The van der Waals surface area contributed by atoms with Gasteiger partial charge in [-0.05, 0) is 31.2 Å². The summed E-state index contributed by atoms with van der Waals surface area (Å²) in [7, 11) is 0. The van der Waals surface area contributed by atoms with Gasteiger partial charge in [-0.15, -0.1) is 0 Å². The first-order chi connectivity index (χ1) is 8.22. The molecule has 1 saturated carbocycles. The second kappa shape index (κ2) is 5.40. The number of hydrogen-bond acceptors (Lipinski definition) is 4. The number of pyridine rings is 1. The fourth-order valence-electron chi connectivity index (χ4n) is 2.27. The molecule has 0 aliphatic heterocycles. The summed E-state index contributed by atoms with van der Waals surface area (Å²) in [6.07, 6.45) is 7.37. The maximum Gasteiger partial charge on any atom is 0.252 e. The molecule has 1 heterocycles. The number of nitrogens with two attached hydrogens (primary N) is 1. The molecule has 1 aromatic heterocycles. The molecule has 1 aliphatic rings. The molecule has 0 bridgehead atoms. The first kappa shape index (κ1) is 12.2. The molecule has 1 amide bonds. The molecule has 2 rings (SSSR count). The number of nitrogens with one attached hydrogen (secondary N) is 1. The Morgan fingerprint density at radius 3 is 3.12 bits per heavy atom. The number of primary amides is 1. The number of hydrogen-bond donors (Lipinski definition) is 2. The van der Waals surface area contributed by atoms with E-state index in [0.717, 1.165) is 6.42 Å². The third kappa shape index (κ3) is 2.72.